The summed E-state index contributed by atoms with van der Waals surface area (Å²) in [7, 11) is 1.61. The molecule has 0 saturated carbocycles. The monoisotopic (exact) mass is 338 g/mol. The Morgan fingerprint density at radius 3 is 2.84 bits per heavy atom. The zero-order valence-electron chi connectivity index (χ0n) is 13.7. The molecule has 2 aromatic heterocycles. The van der Waals surface area contributed by atoms with E-state index in [1.807, 2.05) is 18.2 Å². The quantitative estimate of drug-likeness (QED) is 0.670. The van der Waals surface area contributed by atoms with Crippen LogP contribution < -0.4 is 15.8 Å². The highest BCUT2D eigenvalue weighted by atomic mass is 16.5. The molecule has 1 amide bonds. The van der Waals surface area contributed by atoms with Gasteiger partial charge < -0.3 is 20.5 Å². The van der Waals surface area contributed by atoms with E-state index in [1.54, 1.807) is 31.5 Å². The largest absolute Gasteiger partial charge is 0.475 e. The summed E-state index contributed by atoms with van der Waals surface area (Å²) in [5, 5.41) is 4.55. The first-order chi connectivity index (χ1) is 12.2. The van der Waals surface area contributed by atoms with E-state index in [-0.39, 0.29) is 11.6 Å². The molecule has 3 rings (SSSR count). The summed E-state index contributed by atoms with van der Waals surface area (Å²) in [6, 6.07) is 10.6. The Balaban J connectivity index is 1.82. The van der Waals surface area contributed by atoms with Crippen LogP contribution in [0.4, 0.5) is 11.4 Å². The van der Waals surface area contributed by atoms with E-state index >= 15 is 0 Å². The number of ether oxygens (including phenoxy) is 2. The molecule has 0 unspecified atom stereocenters. The molecule has 2 heterocycles. The van der Waals surface area contributed by atoms with Crippen molar-refractivity contribution in [3.05, 3.63) is 54.5 Å². The number of nitrogens with one attached hydrogen (secondary N) is 1. The maximum absolute atomic E-state index is 12.3. The fourth-order valence-electron chi connectivity index (χ4n) is 2.36. The summed E-state index contributed by atoms with van der Waals surface area (Å²) in [5.74, 6) is 0.171. The molecule has 0 atom stereocenters. The van der Waals surface area contributed by atoms with Gasteiger partial charge in [-0.15, -0.1) is 0 Å². The molecule has 3 N–H and O–H groups in total. The van der Waals surface area contributed by atoms with E-state index in [4.69, 9.17) is 15.2 Å². The van der Waals surface area contributed by atoms with Crippen molar-refractivity contribution in [3.8, 4) is 5.88 Å². The number of benzene rings is 1. The first-order valence-corrected chi connectivity index (χ1v) is 7.71. The Morgan fingerprint density at radius 1 is 1.16 bits per heavy atom. The minimum Gasteiger partial charge on any atom is -0.475 e. The topological polar surface area (TPSA) is 99.4 Å². The normalized spacial score (nSPS) is 10.6. The van der Waals surface area contributed by atoms with Gasteiger partial charge in [-0.25, -0.2) is 9.97 Å². The predicted octanol–water partition coefficient (Wildman–Crippen LogP) is 2.49. The van der Waals surface area contributed by atoms with E-state index in [0.29, 0.717) is 30.5 Å². The molecule has 7 heteroatoms. The van der Waals surface area contributed by atoms with Gasteiger partial charge in [-0.05, 0) is 41.8 Å². The van der Waals surface area contributed by atoms with Crippen molar-refractivity contribution < 1.29 is 14.3 Å². The number of nitrogen functional groups attached to an aromatic ring is 1. The van der Waals surface area contributed by atoms with Crippen LogP contribution in [0.5, 0.6) is 5.88 Å². The third kappa shape index (κ3) is 3.84. The maximum Gasteiger partial charge on any atom is 0.276 e. The number of rotatable bonds is 6. The van der Waals surface area contributed by atoms with E-state index in [9.17, 15) is 4.79 Å². The zero-order valence-corrected chi connectivity index (χ0v) is 13.7. The van der Waals surface area contributed by atoms with Gasteiger partial charge in [-0.2, -0.15) is 0 Å². The highest BCUT2D eigenvalue weighted by Crippen LogP contribution is 2.26. The van der Waals surface area contributed by atoms with Gasteiger partial charge in [0.25, 0.3) is 5.91 Å². The molecule has 0 radical (unpaired) electrons. The lowest BCUT2D eigenvalue weighted by Crippen LogP contribution is -2.15. The lowest BCUT2D eigenvalue weighted by molar-refractivity contribution is 0.102. The molecule has 3 aromatic rings. The van der Waals surface area contributed by atoms with Crippen molar-refractivity contribution in [2.45, 2.75) is 0 Å². The molecule has 0 aliphatic heterocycles. The van der Waals surface area contributed by atoms with Crippen LogP contribution >= 0.6 is 0 Å². The average Bonchev–Trinajstić information content (AvgIpc) is 2.62. The average molecular weight is 338 g/mol. The fourth-order valence-corrected chi connectivity index (χ4v) is 2.36. The lowest BCUT2D eigenvalue weighted by atomic mass is 10.1. The van der Waals surface area contributed by atoms with Gasteiger partial charge in [0.05, 0.1) is 12.3 Å². The van der Waals surface area contributed by atoms with Crippen LogP contribution in [0.25, 0.3) is 10.8 Å². The molecule has 0 spiro atoms. The molecule has 0 fully saturated rings. The summed E-state index contributed by atoms with van der Waals surface area (Å²) in [6.45, 7) is 0.901. The Morgan fingerprint density at radius 2 is 2.04 bits per heavy atom. The number of nitrogens with two attached hydrogens (primary N) is 1. The number of nitrogens with zero attached hydrogens (tertiary/aromatic N) is 2. The highest BCUT2D eigenvalue weighted by molar-refractivity contribution is 6.07. The van der Waals surface area contributed by atoms with E-state index < -0.39 is 0 Å². The minimum atomic E-state index is -0.358. The van der Waals surface area contributed by atoms with Crippen molar-refractivity contribution in [2.24, 2.45) is 0 Å². The Labute approximate surface area is 144 Å². The second kappa shape index (κ2) is 7.59. The molecule has 0 aliphatic rings. The van der Waals surface area contributed by atoms with Crippen molar-refractivity contribution in [1.29, 1.82) is 0 Å². The Hall–Kier alpha value is -3.19. The fraction of sp³-hybridized carbons (Fsp3) is 0.167. The van der Waals surface area contributed by atoms with Crippen molar-refractivity contribution in [2.75, 3.05) is 31.4 Å². The highest BCUT2D eigenvalue weighted by Gasteiger charge is 2.12. The van der Waals surface area contributed by atoms with Crippen molar-refractivity contribution >= 4 is 28.1 Å². The first-order valence-electron chi connectivity index (χ1n) is 7.71. The SMILES string of the molecule is COCCOc1nccc2cc(NC(=O)c3ncccc3N)ccc12. The van der Waals surface area contributed by atoms with Crippen LogP contribution in [-0.4, -0.2) is 36.2 Å². The molecule has 0 saturated heterocycles. The maximum atomic E-state index is 12.3. The van der Waals surface area contributed by atoms with Crippen LogP contribution in [0.15, 0.2) is 48.8 Å². The van der Waals surface area contributed by atoms with Crippen molar-refractivity contribution in [1.82, 2.24) is 9.97 Å². The number of hydrogen-bond donors (Lipinski definition) is 2. The number of carbonyl (C=O) groups is 1. The minimum absolute atomic E-state index is 0.195. The molecule has 25 heavy (non-hydrogen) atoms. The molecule has 0 aliphatic carbocycles. The first kappa shape index (κ1) is 16.7. The van der Waals surface area contributed by atoms with Gasteiger partial charge in [0.15, 0.2) is 5.69 Å². The molecular formula is C18H18N4O3. The number of fused-ring (bicyclic) bond motifs is 1. The van der Waals surface area contributed by atoms with Gasteiger partial charge in [-0.3, -0.25) is 4.79 Å². The van der Waals surface area contributed by atoms with Crippen molar-refractivity contribution in [3.63, 3.8) is 0 Å². The third-order valence-corrected chi connectivity index (χ3v) is 3.57. The zero-order chi connectivity index (χ0) is 17.6. The molecule has 7 nitrogen and oxygen atoms in total. The molecule has 1 aromatic carbocycles. The van der Waals surface area contributed by atoms with E-state index in [1.165, 1.54) is 6.20 Å². The smallest absolute Gasteiger partial charge is 0.276 e. The van der Waals surface area contributed by atoms with E-state index in [0.717, 1.165) is 10.8 Å². The second-order valence-corrected chi connectivity index (χ2v) is 5.29. The second-order valence-electron chi connectivity index (χ2n) is 5.29. The number of aromatic nitrogens is 2. The molecule has 128 valence electrons. The van der Waals surface area contributed by atoms with Gasteiger partial charge in [-0.1, -0.05) is 0 Å². The number of amides is 1. The van der Waals surface area contributed by atoms with Crippen LogP contribution in [0.1, 0.15) is 10.5 Å². The van der Waals surface area contributed by atoms with Gasteiger partial charge in [0.1, 0.15) is 6.61 Å². The standard InChI is InChI=1S/C18H18N4O3/c1-24-9-10-25-18-14-5-4-13(11-12(14)6-8-21-18)22-17(23)16-15(19)3-2-7-20-16/h2-8,11H,9-10,19H2,1H3,(H,22,23). The summed E-state index contributed by atoms with van der Waals surface area (Å²) in [6.07, 6.45) is 3.19. The van der Waals surface area contributed by atoms with Crippen LogP contribution in [-0.2, 0) is 4.74 Å². The summed E-state index contributed by atoms with van der Waals surface area (Å²) in [5.41, 5.74) is 6.95. The number of carbonyl (C=O) groups excluding carboxylic acids is 1. The van der Waals surface area contributed by atoms with Gasteiger partial charge in [0.2, 0.25) is 5.88 Å². The number of hydrogen-bond acceptors (Lipinski definition) is 6. The van der Waals surface area contributed by atoms with Crippen LogP contribution in [0.2, 0.25) is 0 Å². The van der Waals surface area contributed by atoms with Gasteiger partial charge >= 0.3 is 0 Å². The molecule has 0 bridgehead atoms. The third-order valence-electron chi connectivity index (χ3n) is 3.57. The van der Waals surface area contributed by atoms with E-state index in [2.05, 4.69) is 15.3 Å². The summed E-state index contributed by atoms with van der Waals surface area (Å²) >= 11 is 0. The number of pyridine rings is 2. The Kier molecular flexibility index (Phi) is 5.06. The number of methoxy groups -OCH3 is 1. The van der Waals surface area contributed by atoms with Gasteiger partial charge in [0, 0.05) is 30.6 Å². The van der Waals surface area contributed by atoms with Crippen LogP contribution in [0.3, 0.4) is 0 Å². The number of anilines is 2. The molecular weight excluding hydrogens is 320 g/mol. The lowest BCUT2D eigenvalue weighted by Gasteiger charge is -2.10. The summed E-state index contributed by atoms with van der Waals surface area (Å²) in [4.78, 5) is 20.6. The predicted molar refractivity (Wildman–Crippen MR) is 95.7 cm³/mol. The summed E-state index contributed by atoms with van der Waals surface area (Å²) < 4.78 is 10.6. The van der Waals surface area contributed by atoms with Crippen LogP contribution in [0, 0.1) is 0 Å². The Bertz CT molecular complexity index is 898.